The van der Waals surface area contributed by atoms with Crippen molar-refractivity contribution in [2.24, 2.45) is 5.73 Å². The first-order valence-electron chi connectivity index (χ1n) is 3.72. The molecule has 6 heteroatoms. The van der Waals surface area contributed by atoms with Crippen LogP contribution in [-0.4, -0.2) is 11.4 Å². The zero-order valence-corrected chi connectivity index (χ0v) is 7.98. The minimum Gasteiger partial charge on any atom is -0.325 e. The van der Waals surface area contributed by atoms with Crippen LogP contribution in [0.2, 0.25) is 0 Å². The maximum atomic E-state index is 12.7. The van der Waals surface area contributed by atoms with Gasteiger partial charge >= 0.3 is 0 Å². The lowest BCUT2D eigenvalue weighted by Crippen LogP contribution is -2.05. The summed E-state index contributed by atoms with van der Waals surface area (Å²) >= 11 is 0. The van der Waals surface area contributed by atoms with Gasteiger partial charge in [0.15, 0.2) is 6.17 Å². The Morgan fingerprint density at radius 2 is 1.93 bits per heavy atom. The molecular formula is C8H10ClF3N2. The van der Waals surface area contributed by atoms with Gasteiger partial charge in [0.2, 0.25) is 0 Å². The van der Waals surface area contributed by atoms with E-state index in [0.29, 0.717) is 5.69 Å². The van der Waals surface area contributed by atoms with Gasteiger partial charge in [-0.2, -0.15) is 0 Å². The molecule has 80 valence electrons. The van der Waals surface area contributed by atoms with E-state index in [1.165, 1.54) is 12.1 Å². The van der Waals surface area contributed by atoms with E-state index in [9.17, 15) is 13.2 Å². The fourth-order valence-electron chi connectivity index (χ4n) is 0.865. The second-order valence-corrected chi connectivity index (χ2v) is 2.52. The van der Waals surface area contributed by atoms with E-state index in [1.807, 2.05) is 0 Å². The molecule has 0 bridgehead atoms. The van der Waals surface area contributed by atoms with Gasteiger partial charge in [-0.05, 0) is 6.07 Å². The predicted octanol–water partition coefficient (Wildman–Crippen LogP) is 2.24. The summed E-state index contributed by atoms with van der Waals surface area (Å²) in [5.74, 6) is 0. The molecule has 0 saturated heterocycles. The van der Waals surface area contributed by atoms with Crippen LogP contribution >= 0.6 is 12.4 Å². The van der Waals surface area contributed by atoms with Crippen LogP contribution in [0.1, 0.15) is 17.4 Å². The Labute approximate surface area is 85.7 Å². The molecule has 1 rings (SSSR count). The average molecular weight is 227 g/mol. The SMILES string of the molecule is Cl.NCc1ccc(C(F)C(F)F)cn1. The molecule has 1 aromatic rings. The van der Waals surface area contributed by atoms with Crippen molar-refractivity contribution in [3.05, 3.63) is 29.6 Å². The van der Waals surface area contributed by atoms with Gasteiger partial charge in [-0.15, -0.1) is 12.4 Å². The molecule has 0 aliphatic rings. The number of hydrogen-bond donors (Lipinski definition) is 1. The average Bonchev–Trinajstić information content (AvgIpc) is 2.17. The Morgan fingerprint density at radius 1 is 1.29 bits per heavy atom. The summed E-state index contributed by atoms with van der Waals surface area (Å²) in [4.78, 5) is 3.70. The summed E-state index contributed by atoms with van der Waals surface area (Å²) in [6.45, 7) is 0.214. The van der Waals surface area contributed by atoms with Crippen LogP contribution in [0, 0.1) is 0 Å². The van der Waals surface area contributed by atoms with Gasteiger partial charge in [0.1, 0.15) is 0 Å². The van der Waals surface area contributed by atoms with Gasteiger partial charge in [0.05, 0.1) is 5.69 Å². The molecule has 0 amide bonds. The van der Waals surface area contributed by atoms with Crippen LogP contribution in [0.15, 0.2) is 18.3 Å². The molecule has 14 heavy (non-hydrogen) atoms. The van der Waals surface area contributed by atoms with Crippen molar-refractivity contribution in [1.82, 2.24) is 4.98 Å². The molecule has 1 aromatic heterocycles. The minimum atomic E-state index is -3.01. The lowest BCUT2D eigenvalue weighted by Gasteiger charge is -2.06. The van der Waals surface area contributed by atoms with Crippen molar-refractivity contribution in [2.45, 2.75) is 19.1 Å². The Balaban J connectivity index is 0.00000169. The standard InChI is InChI=1S/C8H9F3N2.ClH/c9-7(8(10)11)5-1-2-6(3-12)13-4-5;/h1-2,4,7-8H,3,12H2;1H. The molecular weight excluding hydrogens is 217 g/mol. The Hall–Kier alpha value is -0.810. The fraction of sp³-hybridized carbons (Fsp3) is 0.375. The second kappa shape index (κ2) is 5.82. The van der Waals surface area contributed by atoms with E-state index in [2.05, 4.69) is 4.98 Å². The van der Waals surface area contributed by atoms with E-state index in [1.54, 1.807) is 0 Å². The lowest BCUT2D eigenvalue weighted by atomic mass is 10.2. The number of nitrogens with two attached hydrogens (primary N) is 1. The van der Waals surface area contributed by atoms with Crippen LogP contribution in [0.4, 0.5) is 13.2 Å². The molecule has 0 saturated carbocycles. The van der Waals surface area contributed by atoms with Crippen LogP contribution in [0.5, 0.6) is 0 Å². The zero-order chi connectivity index (χ0) is 9.84. The Morgan fingerprint density at radius 3 is 2.29 bits per heavy atom. The third-order valence-electron chi connectivity index (χ3n) is 1.60. The number of alkyl halides is 3. The van der Waals surface area contributed by atoms with Gasteiger partial charge in [-0.25, -0.2) is 13.2 Å². The van der Waals surface area contributed by atoms with E-state index in [0.717, 1.165) is 6.20 Å². The molecule has 2 N–H and O–H groups in total. The van der Waals surface area contributed by atoms with Crippen molar-refractivity contribution < 1.29 is 13.2 Å². The van der Waals surface area contributed by atoms with Gasteiger partial charge in [-0.3, -0.25) is 4.98 Å². The molecule has 0 aliphatic heterocycles. The van der Waals surface area contributed by atoms with Gasteiger partial charge < -0.3 is 5.73 Å². The number of aromatic nitrogens is 1. The first-order valence-corrected chi connectivity index (χ1v) is 3.72. The molecule has 0 fully saturated rings. The van der Waals surface area contributed by atoms with Crippen molar-refractivity contribution in [1.29, 1.82) is 0 Å². The van der Waals surface area contributed by atoms with Gasteiger partial charge in [-0.1, -0.05) is 6.07 Å². The largest absolute Gasteiger partial charge is 0.325 e. The molecule has 0 spiro atoms. The van der Waals surface area contributed by atoms with Crippen molar-refractivity contribution in [3.8, 4) is 0 Å². The van der Waals surface area contributed by atoms with Crippen molar-refractivity contribution in [3.63, 3.8) is 0 Å². The van der Waals surface area contributed by atoms with Gasteiger partial charge in [0.25, 0.3) is 6.43 Å². The second-order valence-electron chi connectivity index (χ2n) is 2.52. The highest BCUT2D eigenvalue weighted by molar-refractivity contribution is 5.85. The number of hydrogen-bond acceptors (Lipinski definition) is 2. The fourth-order valence-corrected chi connectivity index (χ4v) is 0.865. The first-order chi connectivity index (χ1) is 6.15. The smallest absolute Gasteiger partial charge is 0.273 e. The summed E-state index contributed by atoms with van der Waals surface area (Å²) in [5, 5.41) is 0. The summed E-state index contributed by atoms with van der Waals surface area (Å²) in [7, 11) is 0. The predicted molar refractivity (Wildman–Crippen MR) is 49.2 cm³/mol. The molecule has 0 aromatic carbocycles. The lowest BCUT2D eigenvalue weighted by molar-refractivity contribution is 0.0494. The van der Waals surface area contributed by atoms with Crippen molar-refractivity contribution in [2.75, 3.05) is 0 Å². The Bertz CT molecular complexity index is 266. The number of nitrogens with zero attached hydrogens (tertiary/aromatic N) is 1. The summed E-state index contributed by atoms with van der Waals surface area (Å²) in [6, 6.07) is 2.70. The molecule has 1 atom stereocenters. The summed E-state index contributed by atoms with van der Waals surface area (Å²) < 4.78 is 36.4. The highest BCUT2D eigenvalue weighted by atomic mass is 35.5. The van der Waals surface area contributed by atoms with E-state index in [-0.39, 0.29) is 24.5 Å². The molecule has 2 nitrogen and oxygen atoms in total. The normalized spacial score (nSPS) is 12.4. The molecule has 1 unspecified atom stereocenters. The highest BCUT2D eigenvalue weighted by Gasteiger charge is 2.21. The maximum absolute atomic E-state index is 12.7. The van der Waals surface area contributed by atoms with Crippen molar-refractivity contribution >= 4 is 12.4 Å². The molecule has 1 heterocycles. The monoisotopic (exact) mass is 226 g/mol. The number of halogens is 4. The van der Waals surface area contributed by atoms with Crippen LogP contribution in [-0.2, 0) is 6.54 Å². The maximum Gasteiger partial charge on any atom is 0.273 e. The zero-order valence-electron chi connectivity index (χ0n) is 7.16. The van der Waals surface area contributed by atoms with E-state index < -0.39 is 12.6 Å². The summed E-state index contributed by atoms with van der Waals surface area (Å²) in [6.07, 6.45) is -4.19. The first kappa shape index (κ1) is 13.2. The highest BCUT2D eigenvalue weighted by Crippen LogP contribution is 2.23. The van der Waals surface area contributed by atoms with E-state index >= 15 is 0 Å². The van der Waals surface area contributed by atoms with Crippen LogP contribution < -0.4 is 5.73 Å². The quantitative estimate of drug-likeness (QED) is 0.859. The topological polar surface area (TPSA) is 38.9 Å². The third kappa shape index (κ3) is 3.16. The molecule has 0 aliphatic carbocycles. The van der Waals surface area contributed by atoms with Crippen LogP contribution in [0.3, 0.4) is 0 Å². The van der Waals surface area contributed by atoms with E-state index in [4.69, 9.17) is 5.73 Å². The van der Waals surface area contributed by atoms with Gasteiger partial charge in [0, 0.05) is 18.3 Å². The van der Waals surface area contributed by atoms with Crippen LogP contribution in [0.25, 0.3) is 0 Å². The number of pyridine rings is 1. The number of rotatable bonds is 3. The third-order valence-corrected chi connectivity index (χ3v) is 1.60. The summed E-state index contributed by atoms with van der Waals surface area (Å²) in [5.41, 5.74) is 5.66. The molecule has 0 radical (unpaired) electrons. The minimum absolute atomic E-state index is 0. The Kier molecular flexibility index (Phi) is 5.49.